The molecule has 0 bridgehead atoms. The van der Waals surface area contributed by atoms with Crippen LogP contribution in [0.15, 0.2) is 12.1 Å². The Balaban J connectivity index is 2.28. The summed E-state index contributed by atoms with van der Waals surface area (Å²) in [6, 6.07) is 3.07. The van der Waals surface area contributed by atoms with Crippen LogP contribution in [0.25, 0.3) is 11.0 Å². The number of hydrogen-bond acceptors (Lipinski definition) is 3. The Labute approximate surface area is 140 Å². The first-order valence-corrected chi connectivity index (χ1v) is 9.82. The van der Waals surface area contributed by atoms with Gasteiger partial charge in [0.1, 0.15) is 11.6 Å². The predicted octanol–water partition coefficient (Wildman–Crippen LogP) is 3.05. The fraction of sp³-hybridized carbons (Fsp3) is 0.462. The third-order valence-electron chi connectivity index (χ3n) is 3.91. The van der Waals surface area contributed by atoms with Crippen LogP contribution in [0.4, 0.5) is 4.39 Å². The molecule has 3 rings (SSSR count). The maximum absolute atomic E-state index is 13.9. The van der Waals surface area contributed by atoms with Gasteiger partial charge < -0.3 is 4.57 Å². The van der Waals surface area contributed by atoms with Gasteiger partial charge >= 0.3 is 0 Å². The van der Waals surface area contributed by atoms with Crippen molar-refractivity contribution in [3.05, 3.63) is 27.3 Å². The average molecular weight is 443 g/mol. The van der Waals surface area contributed by atoms with Crippen LogP contribution in [-0.2, 0) is 21.3 Å². The summed E-state index contributed by atoms with van der Waals surface area (Å²) in [4.78, 5) is 4.44. The molecule has 8 heteroatoms. The second-order valence-electron chi connectivity index (χ2n) is 5.59. The Bertz CT molecular complexity index is 836. The molecule has 1 atom stereocenters. The first kappa shape index (κ1) is 15.5. The minimum atomic E-state index is -3.08. The summed E-state index contributed by atoms with van der Waals surface area (Å²) >= 11 is 7.88. The SMILES string of the molecule is CC1(n2c(CCl)nc3cc(I)c(F)cc32)CCS(=O)(=O)C1. The summed E-state index contributed by atoms with van der Waals surface area (Å²) in [5.74, 6) is 0.561. The van der Waals surface area contributed by atoms with Gasteiger partial charge in [-0.1, -0.05) is 0 Å². The lowest BCUT2D eigenvalue weighted by Gasteiger charge is -2.27. The number of imidazole rings is 1. The molecule has 0 spiro atoms. The molecule has 1 aromatic heterocycles. The van der Waals surface area contributed by atoms with Crippen LogP contribution in [0.5, 0.6) is 0 Å². The lowest BCUT2D eigenvalue weighted by molar-refractivity contribution is 0.367. The molecule has 2 heterocycles. The number of hydrogen-bond donors (Lipinski definition) is 0. The Morgan fingerprint density at radius 3 is 2.81 bits per heavy atom. The van der Waals surface area contributed by atoms with Gasteiger partial charge in [-0.25, -0.2) is 17.8 Å². The molecule has 0 radical (unpaired) electrons. The fourth-order valence-electron chi connectivity index (χ4n) is 2.98. The van der Waals surface area contributed by atoms with Crippen molar-refractivity contribution in [2.75, 3.05) is 11.5 Å². The van der Waals surface area contributed by atoms with Crippen molar-refractivity contribution in [3.8, 4) is 0 Å². The molecule has 0 N–H and O–H groups in total. The van der Waals surface area contributed by atoms with E-state index in [0.29, 0.717) is 26.8 Å². The molecule has 1 unspecified atom stereocenters. The zero-order valence-electron chi connectivity index (χ0n) is 11.2. The van der Waals surface area contributed by atoms with Crippen molar-refractivity contribution in [1.82, 2.24) is 9.55 Å². The topological polar surface area (TPSA) is 52.0 Å². The van der Waals surface area contributed by atoms with Gasteiger partial charge in [-0.15, -0.1) is 11.6 Å². The van der Waals surface area contributed by atoms with E-state index in [1.54, 1.807) is 10.6 Å². The highest BCUT2D eigenvalue weighted by Gasteiger charge is 2.41. The normalized spacial score (nSPS) is 24.8. The van der Waals surface area contributed by atoms with Crippen molar-refractivity contribution in [2.24, 2.45) is 0 Å². The van der Waals surface area contributed by atoms with Gasteiger partial charge in [-0.05, 0) is 42.0 Å². The smallest absolute Gasteiger partial charge is 0.152 e. The van der Waals surface area contributed by atoms with Crippen LogP contribution in [0, 0.1) is 9.39 Å². The summed E-state index contributed by atoms with van der Waals surface area (Å²) in [7, 11) is -3.08. The number of aromatic nitrogens is 2. The minimum absolute atomic E-state index is 0.0307. The third kappa shape index (κ3) is 2.57. The summed E-state index contributed by atoms with van der Waals surface area (Å²) in [5, 5.41) is 0. The van der Waals surface area contributed by atoms with E-state index in [-0.39, 0.29) is 23.2 Å². The first-order chi connectivity index (χ1) is 9.76. The van der Waals surface area contributed by atoms with E-state index in [1.807, 2.05) is 29.5 Å². The van der Waals surface area contributed by atoms with E-state index in [0.717, 1.165) is 0 Å². The molecule has 0 aliphatic carbocycles. The van der Waals surface area contributed by atoms with Crippen LogP contribution < -0.4 is 0 Å². The van der Waals surface area contributed by atoms with Crippen molar-refractivity contribution in [1.29, 1.82) is 0 Å². The molecule has 1 aliphatic heterocycles. The summed E-state index contributed by atoms with van der Waals surface area (Å²) in [5.41, 5.74) is 0.613. The van der Waals surface area contributed by atoms with Crippen LogP contribution in [0.2, 0.25) is 0 Å². The van der Waals surface area contributed by atoms with Gasteiger partial charge in [0.05, 0.1) is 37.5 Å². The Kier molecular flexibility index (Phi) is 3.73. The number of nitrogens with zero attached hydrogens (tertiary/aromatic N) is 2. The molecular formula is C13H13ClFIN2O2S. The van der Waals surface area contributed by atoms with E-state index >= 15 is 0 Å². The molecular weight excluding hydrogens is 430 g/mol. The van der Waals surface area contributed by atoms with Crippen LogP contribution in [-0.4, -0.2) is 29.5 Å². The van der Waals surface area contributed by atoms with E-state index in [1.165, 1.54) is 6.07 Å². The van der Waals surface area contributed by atoms with Gasteiger partial charge in [0.2, 0.25) is 0 Å². The van der Waals surface area contributed by atoms with Crippen molar-refractivity contribution in [2.45, 2.75) is 24.8 Å². The highest BCUT2D eigenvalue weighted by Crippen LogP contribution is 2.36. The highest BCUT2D eigenvalue weighted by molar-refractivity contribution is 14.1. The van der Waals surface area contributed by atoms with Crippen LogP contribution in [0.3, 0.4) is 0 Å². The Hall–Kier alpha value is -0.410. The summed E-state index contributed by atoms with van der Waals surface area (Å²) in [6.45, 7) is 1.87. The van der Waals surface area contributed by atoms with E-state index in [4.69, 9.17) is 11.6 Å². The monoisotopic (exact) mass is 442 g/mol. The number of fused-ring (bicyclic) bond motifs is 1. The molecule has 1 saturated heterocycles. The molecule has 1 aromatic carbocycles. The third-order valence-corrected chi connectivity index (χ3v) is 6.86. The molecule has 1 aliphatic rings. The average Bonchev–Trinajstić information content (AvgIpc) is 2.88. The van der Waals surface area contributed by atoms with Gasteiger partial charge in [0.15, 0.2) is 9.84 Å². The second-order valence-corrected chi connectivity index (χ2v) is 9.20. The maximum atomic E-state index is 13.9. The molecule has 1 fully saturated rings. The standard InChI is InChI=1S/C13H13ClFIN2O2S/c1-13(2-3-21(19,20)7-13)18-11-4-8(15)9(16)5-10(11)17-12(18)6-14/h4-5H,2-3,6-7H2,1H3. The number of sulfone groups is 1. The fourth-order valence-corrected chi connectivity index (χ4v) is 5.73. The molecule has 21 heavy (non-hydrogen) atoms. The summed E-state index contributed by atoms with van der Waals surface area (Å²) in [6.07, 6.45) is 0.484. The maximum Gasteiger partial charge on any atom is 0.152 e. The molecule has 0 saturated carbocycles. The second kappa shape index (κ2) is 5.06. The van der Waals surface area contributed by atoms with Crippen molar-refractivity contribution >= 4 is 55.1 Å². The zero-order chi connectivity index (χ0) is 15.4. The first-order valence-electron chi connectivity index (χ1n) is 6.39. The van der Waals surface area contributed by atoms with E-state index in [2.05, 4.69) is 4.98 Å². The zero-order valence-corrected chi connectivity index (χ0v) is 15.0. The van der Waals surface area contributed by atoms with Gasteiger partial charge in [0, 0.05) is 6.07 Å². The molecule has 0 amide bonds. The van der Waals surface area contributed by atoms with E-state index in [9.17, 15) is 12.8 Å². The predicted molar refractivity (Wildman–Crippen MR) is 88.9 cm³/mol. The van der Waals surface area contributed by atoms with Crippen LogP contribution >= 0.6 is 34.2 Å². The number of alkyl halides is 1. The minimum Gasteiger partial charge on any atom is -0.320 e. The summed E-state index contributed by atoms with van der Waals surface area (Å²) < 4.78 is 39.9. The molecule has 114 valence electrons. The largest absolute Gasteiger partial charge is 0.320 e. The highest BCUT2D eigenvalue weighted by atomic mass is 127. The Morgan fingerprint density at radius 2 is 2.24 bits per heavy atom. The van der Waals surface area contributed by atoms with Crippen molar-refractivity contribution in [3.63, 3.8) is 0 Å². The van der Waals surface area contributed by atoms with Gasteiger partial charge in [-0.3, -0.25) is 0 Å². The van der Waals surface area contributed by atoms with Gasteiger partial charge in [-0.2, -0.15) is 0 Å². The van der Waals surface area contributed by atoms with Crippen molar-refractivity contribution < 1.29 is 12.8 Å². The lowest BCUT2D eigenvalue weighted by atomic mass is 10.0. The quantitative estimate of drug-likeness (QED) is 0.531. The number of rotatable bonds is 2. The van der Waals surface area contributed by atoms with Gasteiger partial charge in [0.25, 0.3) is 0 Å². The lowest BCUT2D eigenvalue weighted by Crippen LogP contribution is -2.32. The Morgan fingerprint density at radius 1 is 1.52 bits per heavy atom. The molecule has 2 aromatic rings. The van der Waals surface area contributed by atoms with Crippen LogP contribution in [0.1, 0.15) is 19.2 Å². The van der Waals surface area contributed by atoms with E-state index < -0.39 is 15.4 Å². The number of halogens is 3. The number of benzene rings is 1. The molecule has 4 nitrogen and oxygen atoms in total.